The molecule has 0 aliphatic carbocycles. The molecular weight excluding hydrogens is 292 g/mol. The average Bonchev–Trinajstić information content (AvgIpc) is 2.58. The minimum Gasteiger partial charge on any atom is -0.353 e. The fraction of sp³-hybridized carbons (Fsp3) is 0.333. The number of carbonyl (C=O) groups is 2. The van der Waals surface area contributed by atoms with Crippen molar-refractivity contribution in [2.45, 2.75) is 26.2 Å². The van der Waals surface area contributed by atoms with E-state index in [0.29, 0.717) is 13.0 Å². The van der Waals surface area contributed by atoms with Gasteiger partial charge in [0.05, 0.1) is 0 Å². The molecule has 1 atom stereocenters. The highest BCUT2D eigenvalue weighted by atomic mass is 16.5. The normalized spacial score (nSPS) is 12.4. The highest BCUT2D eigenvalue weighted by molar-refractivity contribution is 5.87. The van der Waals surface area contributed by atoms with Crippen molar-refractivity contribution in [3.05, 3.63) is 54.1 Å². The van der Waals surface area contributed by atoms with Gasteiger partial charge in [0.15, 0.2) is 0 Å². The molecule has 0 bridgehead atoms. The summed E-state index contributed by atoms with van der Waals surface area (Å²) in [7, 11) is 0. The van der Waals surface area contributed by atoms with Crippen molar-refractivity contribution >= 4 is 17.9 Å². The van der Waals surface area contributed by atoms with E-state index in [1.807, 2.05) is 42.5 Å². The Kier molecular flexibility index (Phi) is 9.09. The standard InChI is InChI=1S/C18H24N2O3/c1-15(18(22)20-23)9-7-8-14-19-17(21)13-6-5-12-16-10-3-2-4-11-16/h2-6,10-13,15,23H,7-9,14H2,1H3,(H,19,21)(H,20,22)/b12-5+,13-6+. The molecule has 1 rings (SSSR count). The van der Waals surface area contributed by atoms with Crippen molar-refractivity contribution < 1.29 is 14.8 Å². The first kappa shape index (κ1) is 18.6. The monoisotopic (exact) mass is 316 g/mol. The van der Waals surface area contributed by atoms with E-state index < -0.39 is 0 Å². The maximum Gasteiger partial charge on any atom is 0.246 e. The Labute approximate surface area is 137 Å². The summed E-state index contributed by atoms with van der Waals surface area (Å²) in [5, 5.41) is 11.3. The first-order valence-electron chi connectivity index (χ1n) is 7.75. The molecule has 1 unspecified atom stereocenters. The summed E-state index contributed by atoms with van der Waals surface area (Å²) in [4.78, 5) is 22.7. The highest BCUT2D eigenvalue weighted by Gasteiger charge is 2.10. The second-order valence-corrected chi connectivity index (χ2v) is 5.29. The molecule has 0 heterocycles. The quantitative estimate of drug-likeness (QED) is 0.215. The molecule has 0 radical (unpaired) electrons. The molecular formula is C18H24N2O3. The minimum absolute atomic E-state index is 0.135. The summed E-state index contributed by atoms with van der Waals surface area (Å²) in [6.45, 7) is 2.32. The Morgan fingerprint density at radius 2 is 1.91 bits per heavy atom. The van der Waals surface area contributed by atoms with Gasteiger partial charge in [0, 0.05) is 18.5 Å². The summed E-state index contributed by atoms with van der Waals surface area (Å²) in [6, 6.07) is 9.85. The number of allylic oxidation sites excluding steroid dienone is 2. The molecule has 124 valence electrons. The van der Waals surface area contributed by atoms with Gasteiger partial charge in [0.1, 0.15) is 0 Å². The van der Waals surface area contributed by atoms with Crippen LogP contribution in [0, 0.1) is 5.92 Å². The van der Waals surface area contributed by atoms with Crippen LogP contribution in [0.15, 0.2) is 48.6 Å². The number of hydroxylamine groups is 1. The molecule has 0 spiro atoms. The van der Waals surface area contributed by atoms with Gasteiger partial charge in [0.2, 0.25) is 11.8 Å². The lowest BCUT2D eigenvalue weighted by molar-refractivity contribution is -0.133. The van der Waals surface area contributed by atoms with Gasteiger partial charge >= 0.3 is 0 Å². The van der Waals surface area contributed by atoms with Crippen LogP contribution in [-0.2, 0) is 9.59 Å². The smallest absolute Gasteiger partial charge is 0.246 e. The molecule has 0 fully saturated rings. The number of benzene rings is 1. The van der Waals surface area contributed by atoms with E-state index in [9.17, 15) is 9.59 Å². The van der Waals surface area contributed by atoms with Crippen LogP contribution in [0.1, 0.15) is 31.7 Å². The van der Waals surface area contributed by atoms with E-state index in [0.717, 1.165) is 18.4 Å². The summed E-state index contributed by atoms with van der Waals surface area (Å²) < 4.78 is 0. The first-order valence-corrected chi connectivity index (χ1v) is 7.75. The Morgan fingerprint density at radius 1 is 1.17 bits per heavy atom. The predicted molar refractivity (Wildman–Crippen MR) is 90.6 cm³/mol. The van der Waals surface area contributed by atoms with Gasteiger partial charge in [-0.15, -0.1) is 0 Å². The second kappa shape index (κ2) is 11.2. The molecule has 2 amide bonds. The van der Waals surface area contributed by atoms with Crippen LogP contribution in [-0.4, -0.2) is 23.6 Å². The number of hydrogen-bond acceptors (Lipinski definition) is 3. The lowest BCUT2D eigenvalue weighted by atomic mass is 10.0. The molecule has 1 aromatic carbocycles. The summed E-state index contributed by atoms with van der Waals surface area (Å²) >= 11 is 0. The molecule has 23 heavy (non-hydrogen) atoms. The lowest BCUT2D eigenvalue weighted by Gasteiger charge is -2.08. The Morgan fingerprint density at radius 3 is 2.61 bits per heavy atom. The largest absolute Gasteiger partial charge is 0.353 e. The number of rotatable bonds is 9. The SMILES string of the molecule is CC(CCCCNC(=O)/C=C/C=C/c1ccccc1)C(=O)NO. The average molecular weight is 316 g/mol. The predicted octanol–water partition coefficient (Wildman–Crippen LogP) is 2.68. The van der Waals surface area contributed by atoms with Gasteiger partial charge in [-0.2, -0.15) is 0 Å². The van der Waals surface area contributed by atoms with Crippen LogP contribution >= 0.6 is 0 Å². The van der Waals surface area contributed by atoms with Crippen molar-refractivity contribution in [1.82, 2.24) is 10.8 Å². The third-order valence-corrected chi connectivity index (χ3v) is 3.37. The summed E-state index contributed by atoms with van der Waals surface area (Å²) in [5.41, 5.74) is 2.72. The van der Waals surface area contributed by atoms with Gasteiger partial charge in [-0.3, -0.25) is 14.8 Å². The van der Waals surface area contributed by atoms with Crippen molar-refractivity contribution in [2.75, 3.05) is 6.54 Å². The highest BCUT2D eigenvalue weighted by Crippen LogP contribution is 2.07. The number of carbonyl (C=O) groups excluding carboxylic acids is 2. The first-order chi connectivity index (χ1) is 11.1. The molecule has 0 aliphatic heterocycles. The third kappa shape index (κ3) is 8.58. The summed E-state index contributed by atoms with van der Waals surface area (Å²) in [5.74, 6) is -0.732. The fourth-order valence-corrected chi connectivity index (χ4v) is 1.96. The topological polar surface area (TPSA) is 78.4 Å². The van der Waals surface area contributed by atoms with Crippen LogP contribution in [0.4, 0.5) is 0 Å². The minimum atomic E-state index is -0.373. The zero-order chi connectivity index (χ0) is 16.9. The Bertz CT molecular complexity index is 538. The number of unbranched alkanes of at least 4 members (excludes halogenated alkanes) is 1. The van der Waals surface area contributed by atoms with E-state index in [2.05, 4.69) is 5.32 Å². The maximum absolute atomic E-state index is 11.6. The number of hydrogen-bond donors (Lipinski definition) is 3. The van der Waals surface area contributed by atoms with Crippen molar-refractivity contribution in [3.8, 4) is 0 Å². The van der Waals surface area contributed by atoms with E-state index in [4.69, 9.17) is 5.21 Å². The maximum atomic E-state index is 11.6. The van der Waals surface area contributed by atoms with Crippen LogP contribution < -0.4 is 10.8 Å². The van der Waals surface area contributed by atoms with E-state index >= 15 is 0 Å². The van der Waals surface area contributed by atoms with E-state index in [1.54, 1.807) is 18.5 Å². The molecule has 3 N–H and O–H groups in total. The van der Waals surface area contributed by atoms with Gasteiger partial charge in [0.25, 0.3) is 0 Å². The summed E-state index contributed by atoms with van der Waals surface area (Å²) in [6.07, 6.45) is 9.23. The third-order valence-electron chi connectivity index (χ3n) is 3.37. The fourth-order valence-electron chi connectivity index (χ4n) is 1.96. The van der Waals surface area contributed by atoms with Gasteiger partial charge in [-0.25, -0.2) is 5.48 Å². The molecule has 0 aromatic heterocycles. The van der Waals surface area contributed by atoms with Gasteiger partial charge in [-0.1, -0.05) is 61.9 Å². The zero-order valence-corrected chi connectivity index (χ0v) is 13.4. The van der Waals surface area contributed by atoms with Crippen LogP contribution in [0.3, 0.4) is 0 Å². The van der Waals surface area contributed by atoms with E-state index in [1.165, 1.54) is 6.08 Å². The molecule has 5 nitrogen and oxygen atoms in total. The van der Waals surface area contributed by atoms with Gasteiger partial charge < -0.3 is 5.32 Å². The van der Waals surface area contributed by atoms with Gasteiger partial charge in [-0.05, 0) is 18.4 Å². The van der Waals surface area contributed by atoms with Crippen LogP contribution in [0.25, 0.3) is 6.08 Å². The zero-order valence-electron chi connectivity index (χ0n) is 13.4. The van der Waals surface area contributed by atoms with Crippen molar-refractivity contribution in [1.29, 1.82) is 0 Å². The molecule has 1 aromatic rings. The van der Waals surface area contributed by atoms with E-state index in [-0.39, 0.29) is 17.7 Å². The Hall–Kier alpha value is -2.40. The Balaban J connectivity index is 2.13. The molecule has 5 heteroatoms. The molecule has 0 saturated heterocycles. The van der Waals surface area contributed by atoms with Crippen LogP contribution in [0.5, 0.6) is 0 Å². The molecule has 0 aliphatic rings. The van der Waals surface area contributed by atoms with Crippen LogP contribution in [0.2, 0.25) is 0 Å². The number of nitrogens with one attached hydrogen (secondary N) is 2. The van der Waals surface area contributed by atoms with Crippen molar-refractivity contribution in [2.24, 2.45) is 5.92 Å². The number of amides is 2. The lowest BCUT2D eigenvalue weighted by Crippen LogP contribution is -2.26. The second-order valence-electron chi connectivity index (χ2n) is 5.29. The van der Waals surface area contributed by atoms with Crippen molar-refractivity contribution in [3.63, 3.8) is 0 Å². The molecule has 0 saturated carbocycles.